The molecular formula is C15H24N2O2S. The smallest absolute Gasteiger partial charge is 0.249 e. The molecule has 1 aromatic heterocycles. The van der Waals surface area contributed by atoms with Gasteiger partial charge >= 0.3 is 0 Å². The van der Waals surface area contributed by atoms with E-state index in [1.54, 1.807) is 16.8 Å². The highest BCUT2D eigenvalue weighted by molar-refractivity contribution is 7.07. The predicted octanol–water partition coefficient (Wildman–Crippen LogP) is 3.13. The number of carbonyl (C=O) groups excluding carboxylic acids is 1. The number of hydrogen-bond acceptors (Lipinski definition) is 4. The van der Waals surface area contributed by atoms with E-state index in [0.717, 1.165) is 18.5 Å². The highest BCUT2D eigenvalue weighted by atomic mass is 32.1. The summed E-state index contributed by atoms with van der Waals surface area (Å²) in [6.07, 6.45) is 5.29. The maximum absolute atomic E-state index is 12.2. The Balaban J connectivity index is 1.79. The Morgan fingerprint density at radius 3 is 3.10 bits per heavy atom. The molecule has 1 heterocycles. The summed E-state index contributed by atoms with van der Waals surface area (Å²) in [6.45, 7) is 4.75. The number of aromatic nitrogens is 1. The van der Waals surface area contributed by atoms with Gasteiger partial charge in [0.2, 0.25) is 5.91 Å². The van der Waals surface area contributed by atoms with Crippen LogP contribution in [0.4, 0.5) is 0 Å². The van der Waals surface area contributed by atoms with Gasteiger partial charge in [0.05, 0.1) is 23.9 Å². The van der Waals surface area contributed by atoms with Crippen LogP contribution in [-0.4, -0.2) is 23.1 Å². The van der Waals surface area contributed by atoms with Gasteiger partial charge in [-0.1, -0.05) is 26.7 Å². The Morgan fingerprint density at radius 2 is 2.45 bits per heavy atom. The van der Waals surface area contributed by atoms with E-state index in [0.29, 0.717) is 18.9 Å². The molecule has 0 aliphatic heterocycles. The highest BCUT2D eigenvalue weighted by Crippen LogP contribution is 2.26. The zero-order valence-corrected chi connectivity index (χ0v) is 13.1. The minimum atomic E-state index is -0.330. The fraction of sp³-hybridized carbons (Fsp3) is 0.733. The molecule has 1 aromatic rings. The lowest BCUT2D eigenvalue weighted by Gasteiger charge is -2.29. The van der Waals surface area contributed by atoms with Crippen LogP contribution in [0.2, 0.25) is 0 Å². The van der Waals surface area contributed by atoms with Gasteiger partial charge in [-0.25, -0.2) is 4.98 Å². The van der Waals surface area contributed by atoms with E-state index in [9.17, 15) is 4.79 Å². The molecule has 0 saturated heterocycles. The molecule has 3 atom stereocenters. The van der Waals surface area contributed by atoms with Crippen molar-refractivity contribution in [2.75, 3.05) is 0 Å². The first kappa shape index (κ1) is 15.4. The number of carbonyl (C=O) groups is 1. The molecule has 1 saturated carbocycles. The lowest BCUT2D eigenvalue weighted by atomic mass is 9.88. The van der Waals surface area contributed by atoms with Gasteiger partial charge in [0.1, 0.15) is 6.10 Å². The molecule has 112 valence electrons. The molecule has 1 amide bonds. The van der Waals surface area contributed by atoms with E-state index in [4.69, 9.17) is 4.74 Å². The largest absolute Gasteiger partial charge is 0.365 e. The van der Waals surface area contributed by atoms with Crippen LogP contribution in [0.15, 0.2) is 10.9 Å². The van der Waals surface area contributed by atoms with Crippen molar-refractivity contribution in [3.63, 3.8) is 0 Å². The van der Waals surface area contributed by atoms with Crippen LogP contribution < -0.4 is 5.32 Å². The molecule has 20 heavy (non-hydrogen) atoms. The molecule has 2 rings (SSSR count). The monoisotopic (exact) mass is 296 g/mol. The molecule has 0 spiro atoms. The fourth-order valence-electron chi connectivity index (χ4n) is 2.69. The SMILES string of the molecule is CC[C@H](O[C@H]1CCC[C@@H](C)C1)C(=O)NCc1cscn1. The first-order chi connectivity index (χ1) is 9.69. The van der Waals surface area contributed by atoms with Gasteiger partial charge in [0.15, 0.2) is 0 Å². The van der Waals surface area contributed by atoms with Crippen molar-refractivity contribution in [1.29, 1.82) is 0 Å². The first-order valence-electron chi connectivity index (χ1n) is 7.49. The first-order valence-corrected chi connectivity index (χ1v) is 8.43. The third kappa shape index (κ3) is 4.56. The molecule has 0 unspecified atom stereocenters. The Bertz CT molecular complexity index is 408. The van der Waals surface area contributed by atoms with Crippen molar-refractivity contribution in [2.24, 2.45) is 5.92 Å². The predicted molar refractivity (Wildman–Crippen MR) is 80.5 cm³/mol. The van der Waals surface area contributed by atoms with Crippen molar-refractivity contribution < 1.29 is 9.53 Å². The molecule has 1 aliphatic rings. The zero-order chi connectivity index (χ0) is 14.4. The quantitative estimate of drug-likeness (QED) is 0.877. The summed E-state index contributed by atoms with van der Waals surface area (Å²) in [6, 6.07) is 0. The third-order valence-electron chi connectivity index (χ3n) is 3.84. The molecular weight excluding hydrogens is 272 g/mol. The number of hydrogen-bond donors (Lipinski definition) is 1. The van der Waals surface area contributed by atoms with Crippen molar-refractivity contribution >= 4 is 17.2 Å². The normalized spacial score (nSPS) is 24.3. The number of nitrogens with one attached hydrogen (secondary N) is 1. The summed E-state index contributed by atoms with van der Waals surface area (Å²) in [5.41, 5.74) is 2.68. The van der Waals surface area contributed by atoms with Gasteiger partial charge in [-0.2, -0.15) is 0 Å². The topological polar surface area (TPSA) is 51.2 Å². The van der Waals surface area contributed by atoms with Crippen molar-refractivity contribution in [1.82, 2.24) is 10.3 Å². The van der Waals surface area contributed by atoms with Gasteiger partial charge in [0, 0.05) is 5.38 Å². The number of rotatable bonds is 6. The average Bonchev–Trinajstić information content (AvgIpc) is 2.95. The number of amides is 1. The summed E-state index contributed by atoms with van der Waals surface area (Å²) in [5.74, 6) is 0.697. The van der Waals surface area contributed by atoms with Gasteiger partial charge < -0.3 is 10.1 Å². The van der Waals surface area contributed by atoms with Crippen molar-refractivity contribution in [2.45, 2.75) is 64.7 Å². The average molecular weight is 296 g/mol. The van der Waals surface area contributed by atoms with E-state index in [-0.39, 0.29) is 18.1 Å². The molecule has 4 nitrogen and oxygen atoms in total. The summed E-state index contributed by atoms with van der Waals surface area (Å²) in [7, 11) is 0. The van der Waals surface area contributed by atoms with Crippen LogP contribution in [0.5, 0.6) is 0 Å². The standard InChI is InChI=1S/C15H24N2O2S/c1-3-14(19-13-6-4-5-11(2)7-13)15(18)16-8-12-9-20-10-17-12/h9-11,13-14H,3-8H2,1-2H3,(H,16,18)/t11-,13+,14+/m1/s1. The molecule has 0 radical (unpaired) electrons. The van der Waals surface area contributed by atoms with E-state index < -0.39 is 0 Å². The van der Waals surface area contributed by atoms with Crippen LogP contribution in [0.25, 0.3) is 0 Å². The lowest BCUT2D eigenvalue weighted by molar-refractivity contribution is -0.139. The second-order valence-corrected chi connectivity index (χ2v) is 6.34. The van der Waals surface area contributed by atoms with Crippen LogP contribution in [0.1, 0.15) is 51.6 Å². The maximum atomic E-state index is 12.2. The van der Waals surface area contributed by atoms with Crippen molar-refractivity contribution in [3.05, 3.63) is 16.6 Å². The zero-order valence-electron chi connectivity index (χ0n) is 12.3. The van der Waals surface area contributed by atoms with Crippen LogP contribution in [0.3, 0.4) is 0 Å². The highest BCUT2D eigenvalue weighted by Gasteiger charge is 2.25. The second kappa shape index (κ2) is 7.74. The Morgan fingerprint density at radius 1 is 1.60 bits per heavy atom. The maximum Gasteiger partial charge on any atom is 0.249 e. The summed E-state index contributed by atoms with van der Waals surface area (Å²) >= 11 is 1.54. The van der Waals surface area contributed by atoms with E-state index in [1.807, 2.05) is 12.3 Å². The molecule has 5 heteroatoms. The summed E-state index contributed by atoms with van der Waals surface area (Å²) in [5, 5.41) is 4.87. The van der Waals surface area contributed by atoms with Crippen LogP contribution in [-0.2, 0) is 16.1 Å². The number of nitrogens with zero attached hydrogens (tertiary/aromatic N) is 1. The fourth-order valence-corrected chi connectivity index (χ4v) is 3.25. The molecule has 0 aromatic carbocycles. The molecule has 1 fully saturated rings. The van der Waals surface area contributed by atoms with E-state index in [1.165, 1.54) is 12.8 Å². The third-order valence-corrected chi connectivity index (χ3v) is 4.47. The second-order valence-electron chi connectivity index (χ2n) is 5.62. The van der Waals surface area contributed by atoms with Crippen LogP contribution in [0, 0.1) is 5.92 Å². The van der Waals surface area contributed by atoms with Crippen molar-refractivity contribution in [3.8, 4) is 0 Å². The Hall–Kier alpha value is -0.940. The summed E-state index contributed by atoms with van der Waals surface area (Å²) in [4.78, 5) is 16.3. The molecule has 1 aliphatic carbocycles. The lowest BCUT2D eigenvalue weighted by Crippen LogP contribution is -2.39. The molecule has 1 N–H and O–H groups in total. The van der Waals surface area contributed by atoms with E-state index >= 15 is 0 Å². The Kier molecular flexibility index (Phi) is 5.98. The van der Waals surface area contributed by atoms with Gasteiger partial charge in [-0.15, -0.1) is 11.3 Å². The number of ether oxygens (including phenoxy) is 1. The van der Waals surface area contributed by atoms with Gasteiger partial charge in [0.25, 0.3) is 0 Å². The van der Waals surface area contributed by atoms with Crippen LogP contribution >= 0.6 is 11.3 Å². The van der Waals surface area contributed by atoms with E-state index in [2.05, 4.69) is 17.2 Å². The minimum Gasteiger partial charge on any atom is -0.365 e. The van der Waals surface area contributed by atoms with Gasteiger partial charge in [-0.05, 0) is 25.2 Å². The van der Waals surface area contributed by atoms with Gasteiger partial charge in [-0.3, -0.25) is 4.79 Å². The summed E-state index contributed by atoms with van der Waals surface area (Å²) < 4.78 is 6.01. The molecule has 0 bridgehead atoms. The minimum absolute atomic E-state index is 0.0151. The Labute approximate surface area is 124 Å². The number of thiazole rings is 1.